The highest BCUT2D eigenvalue weighted by molar-refractivity contribution is 7.09. The van der Waals surface area contributed by atoms with E-state index in [1.165, 1.54) is 0 Å². The van der Waals surface area contributed by atoms with E-state index in [-0.39, 0.29) is 18.1 Å². The van der Waals surface area contributed by atoms with Crippen molar-refractivity contribution in [2.24, 2.45) is 5.92 Å². The third-order valence-corrected chi connectivity index (χ3v) is 5.39. The van der Waals surface area contributed by atoms with Crippen LogP contribution in [0.4, 0.5) is 0 Å². The Morgan fingerprint density at radius 2 is 2.27 bits per heavy atom. The molecule has 1 amide bonds. The summed E-state index contributed by atoms with van der Waals surface area (Å²) in [7, 11) is 0. The van der Waals surface area contributed by atoms with E-state index >= 15 is 0 Å². The maximum atomic E-state index is 12.6. The molecular formula is C16H18N2O3S. The first kappa shape index (κ1) is 14.0. The van der Waals surface area contributed by atoms with E-state index in [0.29, 0.717) is 23.8 Å². The Balaban J connectivity index is 1.45. The lowest BCUT2D eigenvalue weighted by Crippen LogP contribution is -2.30. The fourth-order valence-electron chi connectivity index (χ4n) is 3.50. The number of hydrogen-bond donors (Lipinski definition) is 0. The van der Waals surface area contributed by atoms with Crippen LogP contribution in [-0.2, 0) is 4.74 Å². The van der Waals surface area contributed by atoms with Gasteiger partial charge in [0.1, 0.15) is 22.6 Å². The highest BCUT2D eigenvalue weighted by Gasteiger charge is 2.44. The van der Waals surface area contributed by atoms with Crippen LogP contribution >= 0.6 is 11.3 Å². The molecule has 0 aliphatic carbocycles. The fraction of sp³-hybridized carbons (Fsp3) is 0.500. The van der Waals surface area contributed by atoms with Gasteiger partial charge in [-0.25, -0.2) is 4.98 Å². The van der Waals surface area contributed by atoms with Crippen LogP contribution in [0.1, 0.15) is 39.4 Å². The van der Waals surface area contributed by atoms with Crippen molar-refractivity contribution in [3.8, 4) is 0 Å². The number of carbonyl (C=O) groups is 1. The molecule has 5 nitrogen and oxygen atoms in total. The summed E-state index contributed by atoms with van der Waals surface area (Å²) in [6, 6.07) is 1.82. The third-order valence-electron chi connectivity index (χ3n) is 4.52. The van der Waals surface area contributed by atoms with Crippen molar-refractivity contribution >= 4 is 17.2 Å². The van der Waals surface area contributed by atoms with Gasteiger partial charge in [-0.1, -0.05) is 0 Å². The molecule has 2 aromatic rings. The summed E-state index contributed by atoms with van der Waals surface area (Å²) in [5, 5.41) is 3.03. The first-order valence-electron chi connectivity index (χ1n) is 7.53. The van der Waals surface area contributed by atoms with Crippen LogP contribution in [0.5, 0.6) is 0 Å². The molecule has 2 fully saturated rings. The molecule has 2 aliphatic heterocycles. The standard InChI is InChI=1S/C16H18N2O3S/c1-9-5-12(10(2)20-9)16(19)18-7-11-6-13(21-14(11)8-18)15-17-3-4-22-15/h3-5,11,13-14H,6-8H2,1-2H3/t11-,13-,14+/m0/s1. The molecule has 0 aromatic carbocycles. The van der Waals surface area contributed by atoms with Crippen LogP contribution in [-0.4, -0.2) is 35.0 Å². The van der Waals surface area contributed by atoms with Crippen molar-refractivity contribution < 1.29 is 13.9 Å². The number of hydrogen-bond acceptors (Lipinski definition) is 5. The lowest BCUT2D eigenvalue weighted by molar-refractivity contribution is 0.0353. The summed E-state index contributed by atoms with van der Waals surface area (Å²) in [4.78, 5) is 18.9. The largest absolute Gasteiger partial charge is 0.466 e. The smallest absolute Gasteiger partial charge is 0.257 e. The Hall–Kier alpha value is -1.66. The van der Waals surface area contributed by atoms with E-state index in [0.717, 1.165) is 23.7 Å². The quantitative estimate of drug-likeness (QED) is 0.854. The molecule has 3 atom stereocenters. The molecule has 4 rings (SSSR count). The summed E-state index contributed by atoms with van der Waals surface area (Å²) in [5.41, 5.74) is 0.675. The van der Waals surface area contributed by atoms with Crippen LogP contribution in [0, 0.1) is 19.8 Å². The maximum absolute atomic E-state index is 12.6. The van der Waals surface area contributed by atoms with E-state index in [1.807, 2.05) is 36.4 Å². The first-order valence-corrected chi connectivity index (χ1v) is 8.41. The summed E-state index contributed by atoms with van der Waals surface area (Å²) in [6.45, 7) is 5.13. The average molecular weight is 318 g/mol. The van der Waals surface area contributed by atoms with Gasteiger partial charge in [0.2, 0.25) is 0 Å². The van der Waals surface area contributed by atoms with Crippen molar-refractivity contribution in [3.05, 3.63) is 39.7 Å². The zero-order valence-electron chi connectivity index (χ0n) is 12.6. The van der Waals surface area contributed by atoms with Crippen molar-refractivity contribution in [1.29, 1.82) is 0 Å². The van der Waals surface area contributed by atoms with Crippen molar-refractivity contribution in [2.75, 3.05) is 13.1 Å². The second kappa shape index (κ2) is 5.21. The summed E-state index contributed by atoms with van der Waals surface area (Å²) in [5.74, 6) is 1.94. The second-order valence-corrected chi connectivity index (χ2v) is 6.99. The Kier molecular flexibility index (Phi) is 3.31. The van der Waals surface area contributed by atoms with Crippen LogP contribution < -0.4 is 0 Å². The number of ether oxygens (including phenoxy) is 1. The monoisotopic (exact) mass is 318 g/mol. The minimum atomic E-state index is 0.0538. The van der Waals surface area contributed by atoms with Gasteiger partial charge in [0, 0.05) is 30.6 Å². The Morgan fingerprint density at radius 3 is 2.91 bits per heavy atom. The zero-order valence-corrected chi connectivity index (χ0v) is 13.4. The number of rotatable bonds is 2. The Morgan fingerprint density at radius 1 is 1.41 bits per heavy atom. The second-order valence-electron chi connectivity index (χ2n) is 6.07. The molecule has 2 aromatic heterocycles. The topological polar surface area (TPSA) is 55.6 Å². The average Bonchev–Trinajstić information content (AvgIpc) is 3.18. The van der Waals surface area contributed by atoms with Gasteiger partial charge in [-0.3, -0.25) is 4.79 Å². The molecule has 0 spiro atoms. The predicted octanol–water partition coefficient (Wildman–Crippen LogP) is 2.96. The van der Waals surface area contributed by atoms with Crippen LogP contribution in [0.25, 0.3) is 0 Å². The molecule has 2 saturated heterocycles. The lowest BCUT2D eigenvalue weighted by Gasteiger charge is -2.18. The number of aromatic nitrogens is 1. The molecule has 6 heteroatoms. The molecule has 22 heavy (non-hydrogen) atoms. The summed E-state index contributed by atoms with van der Waals surface area (Å²) >= 11 is 1.64. The van der Waals surface area contributed by atoms with E-state index in [9.17, 15) is 4.79 Å². The Labute approximate surface area is 132 Å². The van der Waals surface area contributed by atoms with Gasteiger partial charge in [-0.15, -0.1) is 11.3 Å². The highest BCUT2D eigenvalue weighted by atomic mass is 32.1. The molecule has 4 heterocycles. The molecule has 2 aliphatic rings. The van der Waals surface area contributed by atoms with Crippen LogP contribution in [0.15, 0.2) is 22.1 Å². The van der Waals surface area contributed by atoms with Crippen LogP contribution in [0.3, 0.4) is 0 Å². The number of nitrogens with zero attached hydrogens (tertiary/aromatic N) is 2. The van der Waals surface area contributed by atoms with E-state index in [4.69, 9.17) is 9.15 Å². The molecule has 0 N–H and O–H groups in total. The number of furan rings is 1. The van der Waals surface area contributed by atoms with Gasteiger partial charge in [0.05, 0.1) is 11.7 Å². The number of aryl methyl sites for hydroxylation is 2. The molecule has 0 unspecified atom stereocenters. The van der Waals surface area contributed by atoms with Crippen LogP contribution in [0.2, 0.25) is 0 Å². The summed E-state index contributed by atoms with van der Waals surface area (Å²) in [6.07, 6.45) is 3.00. The van der Waals surface area contributed by atoms with Gasteiger partial charge in [-0.2, -0.15) is 0 Å². The molecule has 0 bridgehead atoms. The minimum absolute atomic E-state index is 0.0538. The molecule has 0 saturated carbocycles. The summed E-state index contributed by atoms with van der Waals surface area (Å²) < 4.78 is 11.6. The molecule has 116 valence electrons. The van der Waals surface area contributed by atoms with Gasteiger partial charge in [0.25, 0.3) is 5.91 Å². The van der Waals surface area contributed by atoms with Gasteiger partial charge >= 0.3 is 0 Å². The number of likely N-dealkylation sites (tertiary alicyclic amines) is 1. The molecule has 0 radical (unpaired) electrons. The zero-order chi connectivity index (χ0) is 15.3. The van der Waals surface area contributed by atoms with Crippen molar-refractivity contribution in [1.82, 2.24) is 9.88 Å². The molecular weight excluding hydrogens is 300 g/mol. The number of amides is 1. The number of fused-ring (bicyclic) bond motifs is 1. The van der Waals surface area contributed by atoms with E-state index in [1.54, 1.807) is 11.3 Å². The van der Waals surface area contributed by atoms with Crippen molar-refractivity contribution in [2.45, 2.75) is 32.5 Å². The first-order chi connectivity index (χ1) is 10.6. The third kappa shape index (κ3) is 2.27. The lowest BCUT2D eigenvalue weighted by atomic mass is 10.0. The van der Waals surface area contributed by atoms with E-state index < -0.39 is 0 Å². The predicted molar refractivity (Wildman–Crippen MR) is 81.9 cm³/mol. The minimum Gasteiger partial charge on any atom is -0.466 e. The van der Waals surface area contributed by atoms with Gasteiger partial charge in [0.15, 0.2) is 0 Å². The SMILES string of the molecule is Cc1cc(C(=O)N2C[C@@H]3C[C@@H](c4nccs4)O[C@@H]3C2)c(C)o1. The normalized spacial score (nSPS) is 27.4. The highest BCUT2D eigenvalue weighted by Crippen LogP contribution is 2.41. The van der Waals surface area contributed by atoms with Gasteiger partial charge < -0.3 is 14.1 Å². The van der Waals surface area contributed by atoms with Crippen molar-refractivity contribution in [3.63, 3.8) is 0 Å². The Bertz CT molecular complexity index is 680. The maximum Gasteiger partial charge on any atom is 0.257 e. The fourth-order valence-corrected chi connectivity index (χ4v) is 4.18. The number of carbonyl (C=O) groups excluding carboxylic acids is 1. The van der Waals surface area contributed by atoms with Gasteiger partial charge in [-0.05, 0) is 26.3 Å². The number of thiazole rings is 1. The van der Waals surface area contributed by atoms with E-state index in [2.05, 4.69) is 4.98 Å².